The molecule has 0 heterocycles. The standard InChI is InChI=1S/C13H11BrClNS/c14-10-4-3-6-12(16)9(10)8-17-13-7-2-1-5-11(13)15/h1-7H,8,16H2. The van der Waals surface area contributed by atoms with Gasteiger partial charge in [-0.1, -0.05) is 45.7 Å². The van der Waals surface area contributed by atoms with E-state index in [1.165, 1.54) is 0 Å². The highest BCUT2D eigenvalue weighted by Crippen LogP contribution is 2.33. The monoisotopic (exact) mass is 327 g/mol. The summed E-state index contributed by atoms with van der Waals surface area (Å²) in [5, 5.41) is 0.781. The number of hydrogen-bond acceptors (Lipinski definition) is 2. The van der Waals surface area contributed by atoms with Gasteiger partial charge in [-0.25, -0.2) is 0 Å². The SMILES string of the molecule is Nc1cccc(Br)c1CSc1ccccc1Cl. The maximum Gasteiger partial charge on any atom is 0.0541 e. The summed E-state index contributed by atoms with van der Waals surface area (Å²) in [6, 6.07) is 13.7. The minimum absolute atomic E-state index is 0.781. The lowest BCUT2D eigenvalue weighted by molar-refractivity contribution is 1.36. The lowest BCUT2D eigenvalue weighted by atomic mass is 10.2. The van der Waals surface area contributed by atoms with E-state index >= 15 is 0 Å². The lowest BCUT2D eigenvalue weighted by Gasteiger charge is -2.08. The largest absolute Gasteiger partial charge is 0.398 e. The predicted molar refractivity (Wildman–Crippen MR) is 79.6 cm³/mol. The third-order valence-electron chi connectivity index (χ3n) is 2.36. The van der Waals surface area contributed by atoms with Gasteiger partial charge in [0.25, 0.3) is 0 Å². The molecule has 0 aliphatic carbocycles. The summed E-state index contributed by atoms with van der Waals surface area (Å²) in [6.45, 7) is 0. The summed E-state index contributed by atoms with van der Waals surface area (Å²) >= 11 is 11.3. The van der Waals surface area contributed by atoms with Gasteiger partial charge in [-0.05, 0) is 29.8 Å². The minimum atomic E-state index is 0.781. The fourth-order valence-electron chi connectivity index (χ4n) is 1.44. The highest BCUT2D eigenvalue weighted by molar-refractivity contribution is 9.10. The van der Waals surface area contributed by atoms with Crippen molar-refractivity contribution in [3.8, 4) is 0 Å². The van der Waals surface area contributed by atoms with Crippen LogP contribution in [0.15, 0.2) is 51.8 Å². The lowest BCUT2D eigenvalue weighted by Crippen LogP contribution is -1.93. The number of nitrogen functional groups attached to an aromatic ring is 1. The van der Waals surface area contributed by atoms with Gasteiger partial charge in [0, 0.05) is 20.8 Å². The molecule has 2 N–H and O–H groups in total. The van der Waals surface area contributed by atoms with E-state index < -0.39 is 0 Å². The van der Waals surface area contributed by atoms with Gasteiger partial charge < -0.3 is 5.73 Å². The van der Waals surface area contributed by atoms with E-state index in [1.54, 1.807) is 11.8 Å². The first-order valence-electron chi connectivity index (χ1n) is 5.08. The summed E-state index contributed by atoms with van der Waals surface area (Å²) in [5.74, 6) is 0.803. The Bertz CT molecular complexity index is 510. The second-order valence-corrected chi connectivity index (χ2v) is 5.81. The predicted octanol–water partition coefficient (Wildman–Crippen LogP) is 4.98. The van der Waals surface area contributed by atoms with E-state index in [0.717, 1.165) is 31.4 Å². The fourth-order valence-corrected chi connectivity index (χ4v) is 3.45. The first-order chi connectivity index (χ1) is 8.18. The van der Waals surface area contributed by atoms with Crippen LogP contribution >= 0.6 is 39.3 Å². The van der Waals surface area contributed by atoms with Crippen molar-refractivity contribution in [2.75, 3.05) is 5.73 Å². The Morgan fingerprint density at radius 1 is 1.12 bits per heavy atom. The molecular formula is C13H11BrClNS. The van der Waals surface area contributed by atoms with Crippen LogP contribution in [-0.2, 0) is 5.75 Å². The second kappa shape index (κ2) is 5.80. The summed E-state index contributed by atoms with van der Waals surface area (Å²) in [5.41, 5.74) is 7.86. The molecule has 2 rings (SSSR count). The molecule has 2 aromatic carbocycles. The normalized spacial score (nSPS) is 10.5. The van der Waals surface area contributed by atoms with Crippen LogP contribution in [0.2, 0.25) is 5.02 Å². The van der Waals surface area contributed by atoms with E-state index in [2.05, 4.69) is 15.9 Å². The number of thioether (sulfide) groups is 1. The van der Waals surface area contributed by atoms with Crippen LogP contribution in [0.1, 0.15) is 5.56 Å². The molecule has 0 spiro atoms. The number of anilines is 1. The fraction of sp³-hybridized carbons (Fsp3) is 0.0769. The molecule has 0 unspecified atom stereocenters. The number of benzene rings is 2. The zero-order chi connectivity index (χ0) is 12.3. The van der Waals surface area contributed by atoms with Crippen molar-refractivity contribution in [2.24, 2.45) is 0 Å². The third-order valence-corrected chi connectivity index (χ3v) is 4.65. The highest BCUT2D eigenvalue weighted by Gasteiger charge is 2.06. The van der Waals surface area contributed by atoms with Crippen molar-refractivity contribution in [1.29, 1.82) is 0 Å². The van der Waals surface area contributed by atoms with Gasteiger partial charge in [0.2, 0.25) is 0 Å². The Morgan fingerprint density at radius 3 is 2.59 bits per heavy atom. The summed E-state index contributed by atoms with van der Waals surface area (Å²) in [7, 11) is 0. The molecule has 4 heteroatoms. The van der Waals surface area contributed by atoms with Gasteiger partial charge in [-0.2, -0.15) is 0 Å². The van der Waals surface area contributed by atoms with Crippen molar-refractivity contribution in [2.45, 2.75) is 10.6 Å². The van der Waals surface area contributed by atoms with E-state index in [1.807, 2.05) is 42.5 Å². The van der Waals surface area contributed by atoms with Gasteiger partial charge in [-0.3, -0.25) is 0 Å². The van der Waals surface area contributed by atoms with Crippen molar-refractivity contribution in [3.63, 3.8) is 0 Å². The first-order valence-corrected chi connectivity index (χ1v) is 7.24. The van der Waals surface area contributed by atoms with Crippen LogP contribution in [-0.4, -0.2) is 0 Å². The topological polar surface area (TPSA) is 26.0 Å². The highest BCUT2D eigenvalue weighted by atomic mass is 79.9. The Morgan fingerprint density at radius 2 is 1.88 bits per heavy atom. The van der Waals surface area contributed by atoms with Gasteiger partial charge >= 0.3 is 0 Å². The maximum atomic E-state index is 6.11. The van der Waals surface area contributed by atoms with Gasteiger partial charge in [-0.15, -0.1) is 11.8 Å². The Balaban J connectivity index is 2.16. The molecule has 17 heavy (non-hydrogen) atoms. The molecule has 1 nitrogen and oxygen atoms in total. The Hall–Kier alpha value is -0.640. The number of nitrogens with two attached hydrogens (primary N) is 1. The van der Waals surface area contributed by atoms with E-state index in [9.17, 15) is 0 Å². The Labute approximate surface area is 118 Å². The van der Waals surface area contributed by atoms with E-state index in [-0.39, 0.29) is 0 Å². The van der Waals surface area contributed by atoms with Crippen molar-refractivity contribution >= 4 is 45.0 Å². The Kier molecular flexibility index (Phi) is 4.37. The van der Waals surface area contributed by atoms with Crippen LogP contribution in [0.25, 0.3) is 0 Å². The molecule has 0 aliphatic rings. The van der Waals surface area contributed by atoms with E-state index in [0.29, 0.717) is 0 Å². The average Bonchev–Trinajstić information content (AvgIpc) is 2.30. The van der Waals surface area contributed by atoms with Gasteiger partial charge in [0.15, 0.2) is 0 Å². The molecule has 0 bridgehead atoms. The third kappa shape index (κ3) is 3.18. The molecule has 0 saturated heterocycles. The smallest absolute Gasteiger partial charge is 0.0541 e. The van der Waals surface area contributed by atoms with Crippen LogP contribution in [0.5, 0.6) is 0 Å². The van der Waals surface area contributed by atoms with Gasteiger partial charge in [0.1, 0.15) is 0 Å². The molecule has 0 saturated carbocycles. The quantitative estimate of drug-likeness (QED) is 0.635. The molecule has 2 aromatic rings. The second-order valence-electron chi connectivity index (χ2n) is 3.53. The average molecular weight is 329 g/mol. The molecule has 0 aliphatic heterocycles. The summed E-state index contributed by atoms with van der Waals surface area (Å²) in [6.07, 6.45) is 0. The van der Waals surface area contributed by atoms with Crippen molar-refractivity contribution in [1.82, 2.24) is 0 Å². The van der Waals surface area contributed by atoms with Crippen molar-refractivity contribution in [3.05, 3.63) is 57.5 Å². The number of hydrogen-bond donors (Lipinski definition) is 1. The maximum absolute atomic E-state index is 6.11. The molecule has 0 fully saturated rings. The molecule has 88 valence electrons. The zero-order valence-electron chi connectivity index (χ0n) is 8.99. The van der Waals surface area contributed by atoms with Gasteiger partial charge in [0.05, 0.1) is 5.02 Å². The van der Waals surface area contributed by atoms with Crippen LogP contribution < -0.4 is 5.73 Å². The van der Waals surface area contributed by atoms with Crippen LogP contribution in [0.4, 0.5) is 5.69 Å². The summed E-state index contributed by atoms with van der Waals surface area (Å²) < 4.78 is 1.04. The molecule has 0 atom stereocenters. The molecular weight excluding hydrogens is 318 g/mol. The number of halogens is 2. The summed E-state index contributed by atoms with van der Waals surface area (Å²) in [4.78, 5) is 1.07. The minimum Gasteiger partial charge on any atom is -0.398 e. The zero-order valence-corrected chi connectivity index (χ0v) is 12.1. The van der Waals surface area contributed by atoms with Crippen molar-refractivity contribution < 1.29 is 0 Å². The molecule has 0 amide bonds. The number of rotatable bonds is 3. The van der Waals surface area contributed by atoms with Crippen LogP contribution in [0.3, 0.4) is 0 Å². The molecule has 0 aromatic heterocycles. The van der Waals surface area contributed by atoms with E-state index in [4.69, 9.17) is 17.3 Å². The van der Waals surface area contributed by atoms with Crippen LogP contribution in [0, 0.1) is 0 Å². The molecule has 0 radical (unpaired) electrons. The first kappa shape index (κ1) is 12.8.